The van der Waals surface area contributed by atoms with Crippen LogP contribution in [0.4, 0.5) is 18.9 Å². The molecule has 0 spiro atoms. The summed E-state index contributed by atoms with van der Waals surface area (Å²) in [6, 6.07) is 1.77. The fourth-order valence-corrected chi connectivity index (χ4v) is 3.28. The Kier molecular flexibility index (Phi) is 2.53. The van der Waals surface area contributed by atoms with E-state index in [0.717, 1.165) is 25.3 Å². The largest absolute Gasteiger partial charge is 0.379 e. The second-order valence-electron chi connectivity index (χ2n) is 5.17. The Bertz CT molecular complexity index is 447. The maximum atomic E-state index is 13.5. The highest BCUT2D eigenvalue weighted by molar-refractivity contribution is 5.46. The van der Waals surface area contributed by atoms with Crippen LogP contribution in [0.15, 0.2) is 12.1 Å². The van der Waals surface area contributed by atoms with Crippen molar-refractivity contribution in [3.8, 4) is 0 Å². The first-order valence-electron chi connectivity index (χ1n) is 6.04. The van der Waals surface area contributed by atoms with Crippen molar-refractivity contribution >= 4 is 5.69 Å². The van der Waals surface area contributed by atoms with Crippen molar-refractivity contribution in [3.63, 3.8) is 0 Å². The third kappa shape index (κ3) is 1.90. The zero-order chi connectivity index (χ0) is 12.0. The van der Waals surface area contributed by atoms with Crippen molar-refractivity contribution in [2.75, 3.05) is 5.32 Å². The highest BCUT2D eigenvalue weighted by Gasteiger charge is 2.39. The Morgan fingerprint density at radius 1 is 1.06 bits per heavy atom. The minimum atomic E-state index is -1.13. The van der Waals surface area contributed by atoms with E-state index in [1.807, 2.05) is 0 Å². The van der Waals surface area contributed by atoms with Crippen molar-refractivity contribution in [3.05, 3.63) is 29.6 Å². The summed E-state index contributed by atoms with van der Waals surface area (Å²) in [4.78, 5) is 0. The second kappa shape index (κ2) is 3.93. The molecule has 0 amide bonds. The normalized spacial score (nSPS) is 30.9. The van der Waals surface area contributed by atoms with Crippen LogP contribution in [-0.2, 0) is 0 Å². The van der Waals surface area contributed by atoms with E-state index in [1.165, 1.54) is 6.42 Å². The first-order chi connectivity index (χ1) is 8.13. The lowest BCUT2D eigenvalue weighted by atomic mass is 9.95. The molecule has 17 heavy (non-hydrogen) atoms. The fourth-order valence-electron chi connectivity index (χ4n) is 3.28. The molecule has 0 aliphatic heterocycles. The molecule has 4 heteroatoms. The zero-order valence-electron chi connectivity index (χ0n) is 9.35. The highest BCUT2D eigenvalue weighted by atomic mass is 19.2. The number of halogens is 3. The van der Waals surface area contributed by atoms with E-state index in [0.29, 0.717) is 17.9 Å². The monoisotopic (exact) mass is 241 g/mol. The maximum Gasteiger partial charge on any atom is 0.182 e. The minimum Gasteiger partial charge on any atom is -0.379 e. The predicted octanol–water partition coefficient (Wildman–Crippen LogP) is 3.70. The van der Waals surface area contributed by atoms with Gasteiger partial charge in [0.25, 0.3) is 0 Å². The number of hydrogen-bond acceptors (Lipinski definition) is 1. The van der Waals surface area contributed by atoms with Gasteiger partial charge in [-0.3, -0.25) is 0 Å². The van der Waals surface area contributed by atoms with Gasteiger partial charge in [-0.05, 0) is 31.1 Å². The Morgan fingerprint density at radius 3 is 2.53 bits per heavy atom. The van der Waals surface area contributed by atoms with Gasteiger partial charge in [0.1, 0.15) is 5.82 Å². The molecule has 0 heterocycles. The Morgan fingerprint density at radius 2 is 1.88 bits per heavy atom. The van der Waals surface area contributed by atoms with Crippen LogP contribution in [0.25, 0.3) is 0 Å². The number of fused-ring (bicyclic) bond motifs is 2. The molecule has 92 valence electrons. The molecule has 1 N–H and O–H groups in total. The molecule has 3 rings (SSSR count). The summed E-state index contributed by atoms with van der Waals surface area (Å²) in [7, 11) is 0. The van der Waals surface area contributed by atoms with Gasteiger partial charge in [-0.15, -0.1) is 0 Å². The summed E-state index contributed by atoms with van der Waals surface area (Å²) < 4.78 is 39.5. The van der Waals surface area contributed by atoms with Crippen molar-refractivity contribution < 1.29 is 13.2 Å². The van der Waals surface area contributed by atoms with Gasteiger partial charge in [-0.25, -0.2) is 13.2 Å². The molecular formula is C13H14F3N. The first kappa shape index (κ1) is 10.9. The zero-order valence-corrected chi connectivity index (χ0v) is 9.35. The van der Waals surface area contributed by atoms with E-state index in [1.54, 1.807) is 0 Å². The van der Waals surface area contributed by atoms with E-state index in [-0.39, 0.29) is 11.7 Å². The van der Waals surface area contributed by atoms with E-state index >= 15 is 0 Å². The SMILES string of the molecule is Fc1cc(F)c(F)c(NC2CC3CCC2C3)c1. The van der Waals surface area contributed by atoms with E-state index in [9.17, 15) is 13.2 Å². The fraction of sp³-hybridized carbons (Fsp3) is 0.538. The summed E-state index contributed by atoms with van der Waals surface area (Å²) in [5, 5.41) is 2.97. The standard InChI is InChI=1S/C13H14F3N/c14-9-5-10(15)13(16)12(6-9)17-11-4-7-1-2-8(11)3-7/h5-8,11,17H,1-4H2. The highest BCUT2D eigenvalue weighted by Crippen LogP contribution is 2.45. The molecular weight excluding hydrogens is 227 g/mol. The second-order valence-corrected chi connectivity index (χ2v) is 5.17. The van der Waals surface area contributed by atoms with E-state index < -0.39 is 17.5 Å². The minimum absolute atomic E-state index is 0.0416. The summed E-state index contributed by atoms with van der Waals surface area (Å²) >= 11 is 0. The molecule has 2 bridgehead atoms. The molecule has 2 aliphatic rings. The molecule has 3 atom stereocenters. The molecule has 1 aromatic rings. The molecule has 2 saturated carbocycles. The quantitative estimate of drug-likeness (QED) is 0.778. The van der Waals surface area contributed by atoms with Crippen LogP contribution >= 0.6 is 0 Å². The third-order valence-corrected chi connectivity index (χ3v) is 4.07. The smallest absolute Gasteiger partial charge is 0.182 e. The number of rotatable bonds is 2. The van der Waals surface area contributed by atoms with Gasteiger partial charge in [-0.2, -0.15) is 0 Å². The van der Waals surface area contributed by atoms with Crippen molar-refractivity contribution in [1.82, 2.24) is 0 Å². The molecule has 1 aromatic carbocycles. The molecule has 2 fully saturated rings. The van der Waals surface area contributed by atoms with Crippen LogP contribution in [-0.4, -0.2) is 6.04 Å². The predicted molar refractivity (Wildman–Crippen MR) is 59.2 cm³/mol. The lowest BCUT2D eigenvalue weighted by Crippen LogP contribution is -2.26. The summed E-state index contributed by atoms with van der Waals surface area (Å²) in [6.45, 7) is 0. The first-order valence-corrected chi connectivity index (χ1v) is 6.04. The molecule has 0 aromatic heterocycles. The molecule has 1 nitrogen and oxygen atoms in total. The Labute approximate surface area is 98.0 Å². The molecule has 0 radical (unpaired) electrons. The topological polar surface area (TPSA) is 12.0 Å². The maximum absolute atomic E-state index is 13.5. The molecule has 3 unspecified atom stereocenters. The van der Waals surface area contributed by atoms with Crippen LogP contribution < -0.4 is 5.32 Å². The lowest BCUT2D eigenvalue weighted by Gasteiger charge is -2.24. The molecule has 0 saturated heterocycles. The van der Waals surface area contributed by atoms with Gasteiger partial charge in [-0.1, -0.05) is 6.42 Å². The van der Waals surface area contributed by atoms with Gasteiger partial charge >= 0.3 is 0 Å². The van der Waals surface area contributed by atoms with Gasteiger partial charge < -0.3 is 5.32 Å². The van der Waals surface area contributed by atoms with Crippen LogP contribution in [0.1, 0.15) is 25.7 Å². The average molecular weight is 241 g/mol. The number of benzene rings is 1. The van der Waals surface area contributed by atoms with Crippen LogP contribution in [0.2, 0.25) is 0 Å². The number of nitrogens with one attached hydrogen (secondary N) is 1. The van der Waals surface area contributed by atoms with Crippen molar-refractivity contribution in [2.24, 2.45) is 11.8 Å². The number of hydrogen-bond donors (Lipinski definition) is 1. The number of anilines is 1. The summed E-state index contributed by atoms with van der Waals surface area (Å²) in [6.07, 6.45) is 4.53. The van der Waals surface area contributed by atoms with E-state index in [4.69, 9.17) is 0 Å². The Hall–Kier alpha value is -1.19. The third-order valence-electron chi connectivity index (χ3n) is 4.07. The lowest BCUT2D eigenvalue weighted by molar-refractivity contribution is 0.435. The van der Waals surface area contributed by atoms with Crippen LogP contribution in [0.3, 0.4) is 0 Å². The average Bonchev–Trinajstić information content (AvgIpc) is 2.87. The Balaban J connectivity index is 1.81. The van der Waals surface area contributed by atoms with Gasteiger partial charge in [0, 0.05) is 18.2 Å². The summed E-state index contributed by atoms with van der Waals surface area (Å²) in [5.74, 6) is -1.61. The summed E-state index contributed by atoms with van der Waals surface area (Å²) in [5.41, 5.74) is -0.0416. The molecule has 2 aliphatic carbocycles. The van der Waals surface area contributed by atoms with E-state index in [2.05, 4.69) is 5.32 Å². The van der Waals surface area contributed by atoms with Crippen LogP contribution in [0, 0.1) is 29.3 Å². The van der Waals surface area contributed by atoms with Gasteiger partial charge in [0.15, 0.2) is 11.6 Å². The van der Waals surface area contributed by atoms with Crippen molar-refractivity contribution in [2.45, 2.75) is 31.7 Å². The van der Waals surface area contributed by atoms with Gasteiger partial charge in [0.05, 0.1) is 5.69 Å². The van der Waals surface area contributed by atoms with Crippen molar-refractivity contribution in [1.29, 1.82) is 0 Å². The van der Waals surface area contributed by atoms with Crippen LogP contribution in [0.5, 0.6) is 0 Å². The van der Waals surface area contributed by atoms with Gasteiger partial charge in [0.2, 0.25) is 0 Å².